The Hall–Kier alpha value is -6.14. The van der Waals surface area contributed by atoms with Gasteiger partial charge in [-0.2, -0.15) is 0 Å². The fourth-order valence-corrected chi connectivity index (χ4v) is 11.4. The number of hydrogen-bond donors (Lipinski definition) is 2. The quantitative estimate of drug-likeness (QED) is 0.0715. The first-order chi connectivity index (χ1) is 35.9. The van der Waals surface area contributed by atoms with E-state index in [1.165, 1.54) is 0 Å². The molecule has 2 aliphatic carbocycles. The van der Waals surface area contributed by atoms with Crippen molar-refractivity contribution in [1.82, 2.24) is 30.2 Å². The molecule has 2 N–H and O–H groups in total. The molecule has 12 nitrogen and oxygen atoms in total. The molecule has 0 unspecified atom stereocenters. The zero-order valence-electron chi connectivity index (χ0n) is 44.4. The second-order valence-corrected chi connectivity index (χ2v) is 21.7. The molecule has 5 amide bonds. The lowest BCUT2D eigenvalue weighted by atomic mass is 9.73. The Balaban J connectivity index is 0.959. The Kier molecular flexibility index (Phi) is 18.9. The summed E-state index contributed by atoms with van der Waals surface area (Å²) in [7, 11) is 1.78. The summed E-state index contributed by atoms with van der Waals surface area (Å²) < 4.78 is 0. The molecule has 12 heteroatoms. The van der Waals surface area contributed by atoms with Crippen molar-refractivity contribution in [1.29, 1.82) is 0 Å². The van der Waals surface area contributed by atoms with Gasteiger partial charge in [0.15, 0.2) is 0 Å². The molecule has 4 aromatic carbocycles. The Labute approximate surface area is 440 Å². The second kappa shape index (κ2) is 25.9. The van der Waals surface area contributed by atoms with E-state index in [4.69, 9.17) is 0 Å². The molecule has 74 heavy (non-hydrogen) atoms. The van der Waals surface area contributed by atoms with Crippen molar-refractivity contribution in [2.75, 3.05) is 46.3 Å². The van der Waals surface area contributed by atoms with E-state index in [2.05, 4.69) is 34.9 Å². The third-order valence-corrected chi connectivity index (χ3v) is 17.0. The SMILES string of the molecule is CC[C@@H](C)C(=O)N[C@H](C(=O)N1CCC[C@H]1CN(CCc1ccccc1)C(=O)c1ccc(-c2ccc(C(=O)N(CCc3ccccc3)C[C@@H]3CCCN3C(=O)[C@@H](CC(=O)[C@H](C)NC)C3CCC3)cc2)cc1)C1CCC1. The van der Waals surface area contributed by atoms with E-state index >= 15 is 0 Å². The van der Waals surface area contributed by atoms with Crippen molar-refractivity contribution < 1.29 is 28.8 Å². The number of Topliss-reactive ketones (excluding diaryl/α,β-unsaturated/α-hetero) is 1. The normalized spacial score (nSPS) is 19.4. The molecular weight excluding hydrogens is 925 g/mol. The zero-order chi connectivity index (χ0) is 52.1. The van der Waals surface area contributed by atoms with Crippen LogP contribution in [0.25, 0.3) is 11.1 Å². The average molecular weight is 1010 g/mol. The van der Waals surface area contributed by atoms with Gasteiger partial charge in [0.1, 0.15) is 11.8 Å². The van der Waals surface area contributed by atoms with Gasteiger partial charge in [0, 0.05) is 80.7 Å². The number of carbonyl (C=O) groups is 6. The summed E-state index contributed by atoms with van der Waals surface area (Å²) in [4.78, 5) is 91.9. The van der Waals surface area contributed by atoms with Crippen LogP contribution in [0.2, 0.25) is 0 Å². The number of carbonyl (C=O) groups excluding carboxylic acids is 6. The summed E-state index contributed by atoms with van der Waals surface area (Å²) in [5.41, 5.74) is 5.21. The molecule has 2 saturated carbocycles. The van der Waals surface area contributed by atoms with Crippen molar-refractivity contribution in [2.45, 2.75) is 135 Å². The molecule has 0 bridgehead atoms. The van der Waals surface area contributed by atoms with Gasteiger partial charge in [-0.15, -0.1) is 0 Å². The summed E-state index contributed by atoms with van der Waals surface area (Å²) in [5, 5.41) is 6.19. The fourth-order valence-electron chi connectivity index (χ4n) is 11.4. The van der Waals surface area contributed by atoms with Gasteiger partial charge in [-0.25, -0.2) is 0 Å². The number of nitrogens with zero attached hydrogens (tertiary/aromatic N) is 4. The second-order valence-electron chi connectivity index (χ2n) is 21.7. The first-order valence-electron chi connectivity index (χ1n) is 27.9. The molecule has 4 aromatic rings. The monoisotopic (exact) mass is 1000 g/mol. The maximum atomic E-state index is 14.6. The Morgan fingerprint density at radius 3 is 1.46 bits per heavy atom. The highest BCUT2D eigenvalue weighted by atomic mass is 16.2. The number of ketones is 1. The van der Waals surface area contributed by atoms with Crippen LogP contribution in [0.15, 0.2) is 109 Å². The number of hydrogen-bond acceptors (Lipinski definition) is 7. The third kappa shape index (κ3) is 13.4. The lowest BCUT2D eigenvalue weighted by Gasteiger charge is -2.38. The van der Waals surface area contributed by atoms with Gasteiger partial charge >= 0.3 is 0 Å². The minimum Gasteiger partial charge on any atom is -0.344 e. The topological polar surface area (TPSA) is 139 Å². The highest BCUT2D eigenvalue weighted by Crippen LogP contribution is 2.38. The summed E-state index contributed by atoms with van der Waals surface area (Å²) in [6.45, 7) is 8.81. The summed E-state index contributed by atoms with van der Waals surface area (Å²) in [5.74, 6) is -0.281. The van der Waals surface area contributed by atoms with Crippen molar-refractivity contribution >= 4 is 35.3 Å². The molecule has 4 aliphatic rings. The van der Waals surface area contributed by atoms with Gasteiger partial charge in [0.25, 0.3) is 11.8 Å². The van der Waals surface area contributed by atoms with Crippen LogP contribution in [0, 0.1) is 23.7 Å². The predicted molar refractivity (Wildman–Crippen MR) is 291 cm³/mol. The summed E-state index contributed by atoms with van der Waals surface area (Å²) >= 11 is 0. The molecule has 2 aliphatic heterocycles. The van der Waals surface area contributed by atoms with Crippen LogP contribution in [0.1, 0.15) is 130 Å². The fraction of sp³-hybridized carbons (Fsp3) is 0.516. The van der Waals surface area contributed by atoms with Crippen LogP contribution in [-0.4, -0.2) is 125 Å². The highest BCUT2D eigenvalue weighted by molar-refractivity contribution is 5.96. The number of rotatable bonds is 24. The van der Waals surface area contributed by atoms with Gasteiger partial charge in [-0.1, -0.05) is 112 Å². The maximum absolute atomic E-state index is 14.6. The minimum absolute atomic E-state index is 0.0217. The van der Waals surface area contributed by atoms with E-state index < -0.39 is 6.04 Å². The number of likely N-dealkylation sites (tertiary alicyclic amines) is 2. The Bertz CT molecular complexity index is 2340. The molecule has 4 fully saturated rings. The predicted octanol–water partition coefficient (Wildman–Crippen LogP) is 9.02. The summed E-state index contributed by atoms with van der Waals surface area (Å²) in [6.07, 6.45) is 11.6. The van der Waals surface area contributed by atoms with E-state index in [1.54, 1.807) is 7.05 Å². The minimum atomic E-state index is -0.538. The molecule has 8 rings (SSSR count). The molecule has 2 saturated heterocycles. The van der Waals surface area contributed by atoms with E-state index in [9.17, 15) is 28.8 Å². The third-order valence-electron chi connectivity index (χ3n) is 17.0. The number of nitrogens with one attached hydrogen (secondary N) is 2. The van der Waals surface area contributed by atoms with Gasteiger partial charge < -0.3 is 30.2 Å². The van der Waals surface area contributed by atoms with E-state index in [0.717, 1.165) is 86.5 Å². The van der Waals surface area contributed by atoms with Crippen molar-refractivity contribution in [3.8, 4) is 11.1 Å². The lowest BCUT2D eigenvalue weighted by Crippen LogP contribution is -2.57. The van der Waals surface area contributed by atoms with Gasteiger partial charge in [-0.3, -0.25) is 28.8 Å². The smallest absolute Gasteiger partial charge is 0.253 e. The lowest BCUT2D eigenvalue weighted by molar-refractivity contribution is -0.142. The number of benzene rings is 4. The molecule has 0 aromatic heterocycles. The molecule has 394 valence electrons. The van der Waals surface area contributed by atoms with Crippen molar-refractivity contribution in [3.63, 3.8) is 0 Å². The first kappa shape index (κ1) is 54.1. The Morgan fingerprint density at radius 2 is 1.04 bits per heavy atom. The molecule has 2 heterocycles. The largest absolute Gasteiger partial charge is 0.344 e. The maximum Gasteiger partial charge on any atom is 0.253 e. The van der Waals surface area contributed by atoms with E-state index in [-0.39, 0.29) is 83.5 Å². The highest BCUT2D eigenvalue weighted by Gasteiger charge is 2.43. The average Bonchev–Trinajstić information content (AvgIpc) is 4.08. The molecular formula is C62H80N6O6. The van der Waals surface area contributed by atoms with Gasteiger partial charge in [-0.05, 0) is 143 Å². The van der Waals surface area contributed by atoms with Crippen LogP contribution in [0.3, 0.4) is 0 Å². The van der Waals surface area contributed by atoms with Gasteiger partial charge in [0.05, 0.1) is 6.04 Å². The van der Waals surface area contributed by atoms with Crippen LogP contribution in [0.4, 0.5) is 0 Å². The molecule has 0 spiro atoms. The van der Waals surface area contributed by atoms with Crippen LogP contribution >= 0.6 is 0 Å². The molecule has 6 atom stereocenters. The summed E-state index contributed by atoms with van der Waals surface area (Å²) in [6, 6.07) is 34.5. The number of likely N-dealkylation sites (N-methyl/N-ethyl adjacent to an activating group) is 1. The first-order valence-corrected chi connectivity index (χ1v) is 27.9. The van der Waals surface area contributed by atoms with Crippen LogP contribution < -0.4 is 10.6 Å². The van der Waals surface area contributed by atoms with Crippen molar-refractivity contribution in [2.24, 2.45) is 23.7 Å². The van der Waals surface area contributed by atoms with Gasteiger partial charge in [0.2, 0.25) is 17.7 Å². The van der Waals surface area contributed by atoms with Crippen LogP contribution in [-0.2, 0) is 32.0 Å². The van der Waals surface area contributed by atoms with Crippen molar-refractivity contribution in [3.05, 3.63) is 131 Å². The van der Waals surface area contributed by atoms with E-state index in [1.807, 2.05) is 125 Å². The Morgan fingerprint density at radius 1 is 0.581 bits per heavy atom. The zero-order valence-corrected chi connectivity index (χ0v) is 44.4. The van der Waals surface area contributed by atoms with Crippen LogP contribution in [0.5, 0.6) is 0 Å². The number of amides is 5. The standard InChI is InChI=1S/C62H80N6O6/c1-5-43(2)58(70)64-57(50-22-13-23-50)62(74)68-37-15-25-54(68)42-66(39-35-46-18-10-7-11-19-46)60(72)52-32-28-48(29-33-52)47-26-30-51(31-27-47)59(71)65(38-34-45-16-8-6-9-17-45)41-53-24-14-36-67(53)61(73)55(49-20-12-21-49)40-56(69)44(3)63-4/h6-11,16-19,26-33,43-44,49-50,53-55,57,63H,5,12-15,20-25,34-42H2,1-4H3,(H,64,70)/t43-,44+,53+,54+,55+,57+/m1/s1. The van der Waals surface area contributed by atoms with E-state index in [0.29, 0.717) is 69.7 Å². The molecule has 0 radical (unpaired) electrons.